The summed E-state index contributed by atoms with van der Waals surface area (Å²) in [7, 11) is -1.53. The Morgan fingerprint density at radius 2 is 1.44 bits per heavy atom. The lowest BCUT2D eigenvalue weighted by Gasteiger charge is -2.33. The number of rotatable bonds is 9. The molecule has 0 saturated carbocycles. The van der Waals surface area contributed by atoms with Crippen LogP contribution in [0.2, 0.25) is 18.1 Å². The Morgan fingerprint density at radius 3 is 1.69 bits per heavy atom. The summed E-state index contributed by atoms with van der Waals surface area (Å²) in [5, 5.41) is 0. The topological polar surface area (TPSA) is 26.3 Å². The highest BCUT2D eigenvalue weighted by atomic mass is 28.4. The highest BCUT2D eigenvalue weighted by molar-refractivity contribution is 6.73. The third-order valence-electron chi connectivity index (χ3n) is 4.26. The monoisotopic (exact) mass is 244 g/mol. The van der Waals surface area contributed by atoms with E-state index in [2.05, 4.69) is 34.6 Å². The number of carbonyl (C=O) groups excluding carboxylic acids is 1. The Morgan fingerprint density at radius 1 is 1.00 bits per heavy atom. The zero-order chi connectivity index (χ0) is 12.7. The molecule has 0 rings (SSSR count). The molecular weight excluding hydrogens is 216 g/mol. The van der Waals surface area contributed by atoms with Gasteiger partial charge in [-0.1, -0.05) is 34.6 Å². The Labute approximate surface area is 102 Å². The van der Waals surface area contributed by atoms with Gasteiger partial charge in [-0.2, -0.15) is 0 Å². The molecule has 0 unspecified atom stereocenters. The molecule has 96 valence electrons. The first-order valence-electron chi connectivity index (χ1n) is 6.67. The van der Waals surface area contributed by atoms with Gasteiger partial charge in [-0.15, -0.1) is 0 Å². The van der Waals surface area contributed by atoms with Crippen molar-refractivity contribution in [2.75, 3.05) is 6.61 Å². The summed E-state index contributed by atoms with van der Waals surface area (Å²) in [5.74, 6) is 0. The molecule has 0 N–H and O–H groups in total. The quantitative estimate of drug-likeness (QED) is 0.452. The molecule has 0 radical (unpaired) electrons. The fourth-order valence-electron chi connectivity index (χ4n) is 2.01. The van der Waals surface area contributed by atoms with E-state index in [0.29, 0.717) is 6.61 Å². The minimum Gasteiger partial charge on any atom is -0.416 e. The Hall–Kier alpha value is -0.153. The van der Waals surface area contributed by atoms with Crippen LogP contribution in [0.25, 0.3) is 0 Å². The first-order valence-corrected chi connectivity index (χ1v) is 9.20. The van der Waals surface area contributed by atoms with Crippen molar-refractivity contribution in [2.45, 2.75) is 65.6 Å². The second-order valence-electron chi connectivity index (χ2n) is 4.72. The van der Waals surface area contributed by atoms with Gasteiger partial charge in [0.25, 0.3) is 0 Å². The molecule has 0 atom stereocenters. The van der Waals surface area contributed by atoms with Crippen molar-refractivity contribution in [1.82, 2.24) is 0 Å². The molecule has 0 heterocycles. The first-order chi connectivity index (χ1) is 7.57. The van der Waals surface area contributed by atoms with E-state index in [1.165, 1.54) is 0 Å². The summed E-state index contributed by atoms with van der Waals surface area (Å²) in [4.78, 5) is 11.2. The molecule has 0 aliphatic carbocycles. The van der Waals surface area contributed by atoms with E-state index in [4.69, 9.17) is 4.43 Å². The van der Waals surface area contributed by atoms with Crippen LogP contribution in [-0.4, -0.2) is 21.2 Å². The molecule has 2 nitrogen and oxygen atoms in total. The van der Waals surface area contributed by atoms with Crippen molar-refractivity contribution >= 4 is 14.6 Å². The van der Waals surface area contributed by atoms with Crippen LogP contribution < -0.4 is 0 Å². The standard InChI is InChI=1S/C13H28O2Si/c1-6-13(7-2,11-14)12-15-16(8-3,9-4)10-5/h11H,6-10,12H2,1-5H3. The molecule has 0 amide bonds. The van der Waals surface area contributed by atoms with Gasteiger partial charge in [0.1, 0.15) is 6.29 Å². The van der Waals surface area contributed by atoms with E-state index in [-0.39, 0.29) is 5.41 Å². The van der Waals surface area contributed by atoms with E-state index in [1.807, 2.05) is 0 Å². The maximum atomic E-state index is 11.2. The molecule has 0 fully saturated rings. The number of hydrogen-bond donors (Lipinski definition) is 0. The highest BCUT2D eigenvalue weighted by Gasteiger charge is 2.33. The average Bonchev–Trinajstić information content (AvgIpc) is 2.37. The van der Waals surface area contributed by atoms with Crippen LogP contribution in [-0.2, 0) is 9.22 Å². The van der Waals surface area contributed by atoms with Crippen molar-refractivity contribution in [3.05, 3.63) is 0 Å². The first kappa shape index (κ1) is 15.8. The van der Waals surface area contributed by atoms with Gasteiger partial charge >= 0.3 is 0 Å². The molecule has 0 aromatic rings. The van der Waals surface area contributed by atoms with Gasteiger partial charge in [0.15, 0.2) is 8.32 Å². The van der Waals surface area contributed by atoms with Crippen LogP contribution in [0.3, 0.4) is 0 Å². The number of carbonyl (C=O) groups is 1. The van der Waals surface area contributed by atoms with Gasteiger partial charge in [0, 0.05) is 12.0 Å². The Balaban J connectivity index is 4.54. The fraction of sp³-hybridized carbons (Fsp3) is 0.923. The summed E-state index contributed by atoms with van der Waals surface area (Å²) in [6, 6.07) is 3.47. The third-order valence-corrected chi connectivity index (χ3v) is 8.88. The van der Waals surface area contributed by atoms with Gasteiger partial charge < -0.3 is 9.22 Å². The summed E-state index contributed by atoms with van der Waals surface area (Å²) in [6.45, 7) is 11.5. The van der Waals surface area contributed by atoms with Gasteiger partial charge in [-0.25, -0.2) is 0 Å². The van der Waals surface area contributed by atoms with Crippen LogP contribution in [0.1, 0.15) is 47.5 Å². The van der Waals surface area contributed by atoms with E-state index >= 15 is 0 Å². The summed E-state index contributed by atoms with van der Waals surface area (Å²) in [6.07, 6.45) is 2.87. The third kappa shape index (κ3) is 3.70. The van der Waals surface area contributed by atoms with Crippen LogP contribution in [0, 0.1) is 5.41 Å². The van der Waals surface area contributed by atoms with Gasteiger partial charge in [0.05, 0.1) is 0 Å². The maximum absolute atomic E-state index is 11.2. The molecule has 0 aromatic carbocycles. The largest absolute Gasteiger partial charge is 0.416 e. The van der Waals surface area contributed by atoms with Crippen molar-refractivity contribution in [3.63, 3.8) is 0 Å². The lowest BCUT2D eigenvalue weighted by atomic mass is 9.85. The molecular formula is C13H28O2Si. The molecule has 0 bridgehead atoms. The van der Waals surface area contributed by atoms with Crippen LogP contribution in [0.4, 0.5) is 0 Å². The summed E-state index contributed by atoms with van der Waals surface area (Å²) < 4.78 is 6.22. The second-order valence-corrected chi connectivity index (χ2v) is 9.50. The molecule has 16 heavy (non-hydrogen) atoms. The fourth-order valence-corrected chi connectivity index (χ4v) is 4.71. The zero-order valence-electron chi connectivity index (χ0n) is 11.6. The second kappa shape index (κ2) is 7.23. The van der Waals surface area contributed by atoms with Gasteiger partial charge in [0.2, 0.25) is 0 Å². The predicted molar refractivity (Wildman–Crippen MR) is 72.2 cm³/mol. The molecule has 0 spiro atoms. The molecule has 0 aliphatic heterocycles. The molecule has 0 saturated heterocycles. The van der Waals surface area contributed by atoms with Crippen molar-refractivity contribution < 1.29 is 9.22 Å². The zero-order valence-corrected chi connectivity index (χ0v) is 12.6. The summed E-state index contributed by atoms with van der Waals surface area (Å²) in [5.41, 5.74) is -0.238. The van der Waals surface area contributed by atoms with Crippen molar-refractivity contribution in [1.29, 1.82) is 0 Å². The predicted octanol–water partition coefficient (Wildman–Crippen LogP) is 4.01. The number of hydrogen-bond acceptors (Lipinski definition) is 2. The average molecular weight is 244 g/mol. The Kier molecular flexibility index (Phi) is 7.16. The van der Waals surface area contributed by atoms with Crippen molar-refractivity contribution in [2.24, 2.45) is 5.41 Å². The van der Waals surface area contributed by atoms with Crippen LogP contribution >= 0.6 is 0 Å². The lowest BCUT2D eigenvalue weighted by molar-refractivity contribution is -0.118. The van der Waals surface area contributed by atoms with Crippen LogP contribution in [0.5, 0.6) is 0 Å². The van der Waals surface area contributed by atoms with E-state index in [9.17, 15) is 4.79 Å². The van der Waals surface area contributed by atoms with E-state index in [1.54, 1.807) is 0 Å². The lowest BCUT2D eigenvalue weighted by Crippen LogP contribution is -2.40. The SMILES string of the molecule is CCC(C=O)(CC)CO[Si](CC)(CC)CC. The highest BCUT2D eigenvalue weighted by Crippen LogP contribution is 2.29. The normalized spacial score (nSPS) is 12.8. The van der Waals surface area contributed by atoms with Crippen LogP contribution in [0.15, 0.2) is 0 Å². The van der Waals surface area contributed by atoms with E-state index in [0.717, 1.165) is 37.3 Å². The van der Waals surface area contributed by atoms with Crippen molar-refractivity contribution in [3.8, 4) is 0 Å². The van der Waals surface area contributed by atoms with Gasteiger partial charge in [-0.3, -0.25) is 0 Å². The minimum atomic E-state index is -1.53. The van der Waals surface area contributed by atoms with Gasteiger partial charge in [-0.05, 0) is 31.0 Å². The molecule has 3 heteroatoms. The smallest absolute Gasteiger partial charge is 0.192 e. The maximum Gasteiger partial charge on any atom is 0.192 e. The minimum absolute atomic E-state index is 0.238. The number of aldehydes is 1. The van der Waals surface area contributed by atoms with E-state index < -0.39 is 8.32 Å². The summed E-state index contributed by atoms with van der Waals surface area (Å²) >= 11 is 0. The Bertz CT molecular complexity index is 188. The molecule has 0 aromatic heterocycles. The molecule has 0 aliphatic rings.